The Bertz CT molecular complexity index is 1810. The van der Waals surface area contributed by atoms with Crippen LogP contribution in [0.1, 0.15) is 5.56 Å². The van der Waals surface area contributed by atoms with Crippen molar-refractivity contribution in [1.29, 1.82) is 0 Å². The smallest absolute Gasteiger partial charge is 0.269 e. The third-order valence-corrected chi connectivity index (χ3v) is 7.66. The number of thioether (sulfide) groups is 1. The number of sulfonamides is 1. The molecule has 0 fully saturated rings. The topological polar surface area (TPSA) is 175 Å². The summed E-state index contributed by atoms with van der Waals surface area (Å²) >= 11 is 1.21. The van der Waals surface area contributed by atoms with Gasteiger partial charge in [0.25, 0.3) is 5.69 Å². The zero-order valence-electron chi connectivity index (χ0n) is 20.2. The quantitative estimate of drug-likeness (QED) is 0.118. The van der Waals surface area contributed by atoms with Crippen LogP contribution in [0.25, 0.3) is 27.9 Å². The van der Waals surface area contributed by atoms with E-state index in [-0.39, 0.29) is 22.2 Å². The van der Waals surface area contributed by atoms with Gasteiger partial charge in [0.15, 0.2) is 16.6 Å². The number of aromatic nitrogens is 4. The van der Waals surface area contributed by atoms with Gasteiger partial charge in [0.05, 0.1) is 21.1 Å². The lowest BCUT2D eigenvalue weighted by molar-refractivity contribution is -0.384. The molecule has 0 unspecified atom stereocenters. The van der Waals surface area contributed by atoms with Crippen LogP contribution in [0.5, 0.6) is 0 Å². The number of nitrogens with one attached hydrogen (secondary N) is 1. The minimum Gasteiger partial charge on any atom is -0.355 e. The highest BCUT2D eigenvalue weighted by Crippen LogP contribution is 2.27. The molecular weight excluding hydrogens is 542 g/mol. The number of nitro benzene ring substituents is 1. The molecule has 2 heterocycles. The van der Waals surface area contributed by atoms with E-state index in [1.807, 2.05) is 24.3 Å². The van der Waals surface area contributed by atoms with Crippen molar-refractivity contribution in [3.63, 3.8) is 0 Å². The zero-order valence-corrected chi connectivity index (χ0v) is 21.9. The van der Waals surface area contributed by atoms with Gasteiger partial charge in [0.2, 0.25) is 15.9 Å². The number of nitrogens with zero attached hydrogens (tertiary/aromatic N) is 5. The zero-order chi connectivity index (χ0) is 27.6. The first kappa shape index (κ1) is 26.2. The Balaban J connectivity index is 1.30. The summed E-state index contributed by atoms with van der Waals surface area (Å²) in [4.78, 5) is 32.4. The average Bonchev–Trinajstić information content (AvgIpc) is 3.38. The van der Waals surface area contributed by atoms with Crippen LogP contribution in [0.15, 0.2) is 82.8 Å². The maximum Gasteiger partial charge on any atom is 0.269 e. The van der Waals surface area contributed by atoms with Crippen molar-refractivity contribution in [3.05, 3.63) is 88.5 Å². The van der Waals surface area contributed by atoms with E-state index in [1.54, 1.807) is 28.8 Å². The summed E-state index contributed by atoms with van der Waals surface area (Å²) in [6.07, 6.45) is 0.515. The Morgan fingerprint density at radius 3 is 2.44 bits per heavy atom. The van der Waals surface area contributed by atoms with Crippen LogP contribution in [0.4, 0.5) is 5.69 Å². The minimum atomic E-state index is -3.75. The number of hydrogen-bond acceptors (Lipinski definition) is 9. The predicted molar refractivity (Wildman–Crippen MR) is 146 cm³/mol. The average molecular weight is 564 g/mol. The van der Waals surface area contributed by atoms with E-state index < -0.39 is 14.9 Å². The first-order chi connectivity index (χ1) is 18.7. The van der Waals surface area contributed by atoms with E-state index in [0.29, 0.717) is 40.7 Å². The fraction of sp³-hybridized carbons (Fsp3) is 0.120. The molecule has 0 atom stereocenters. The van der Waals surface area contributed by atoms with Gasteiger partial charge in [-0.3, -0.25) is 14.9 Å². The van der Waals surface area contributed by atoms with Crippen molar-refractivity contribution < 1.29 is 18.1 Å². The normalized spacial score (nSPS) is 11.6. The second-order valence-electron chi connectivity index (χ2n) is 8.46. The number of carbonyl (C=O) groups excluding carboxylic acids is 1. The van der Waals surface area contributed by atoms with Crippen LogP contribution in [0.3, 0.4) is 0 Å². The molecule has 5 aromatic rings. The summed E-state index contributed by atoms with van der Waals surface area (Å²) in [5.74, 6) is 0.250. The fourth-order valence-electron chi connectivity index (χ4n) is 3.85. The highest BCUT2D eigenvalue weighted by Gasteiger charge is 2.17. The monoisotopic (exact) mass is 563 g/mol. The Labute approximate surface area is 226 Å². The summed E-state index contributed by atoms with van der Waals surface area (Å²) in [6.45, 7) is 0.363. The maximum absolute atomic E-state index is 12.5. The fourth-order valence-corrected chi connectivity index (χ4v) is 5.14. The van der Waals surface area contributed by atoms with Crippen LogP contribution in [-0.2, 0) is 21.2 Å². The van der Waals surface area contributed by atoms with Gasteiger partial charge < -0.3 is 5.32 Å². The number of para-hydroxylation sites is 1. The molecule has 0 aliphatic heterocycles. The van der Waals surface area contributed by atoms with Gasteiger partial charge in [-0.15, -0.1) is 5.10 Å². The molecule has 1 amide bonds. The lowest BCUT2D eigenvalue weighted by Crippen LogP contribution is -2.27. The third kappa shape index (κ3) is 5.87. The van der Waals surface area contributed by atoms with Gasteiger partial charge in [0.1, 0.15) is 0 Å². The maximum atomic E-state index is 12.5. The number of fused-ring (bicyclic) bond motifs is 3. The Hall–Kier alpha value is -4.40. The summed E-state index contributed by atoms with van der Waals surface area (Å²) in [7, 11) is -3.75. The van der Waals surface area contributed by atoms with Gasteiger partial charge >= 0.3 is 0 Å². The molecule has 3 aromatic carbocycles. The molecule has 0 bridgehead atoms. The van der Waals surface area contributed by atoms with E-state index in [0.717, 1.165) is 10.9 Å². The molecule has 3 N–H and O–H groups in total. The van der Waals surface area contributed by atoms with Crippen molar-refractivity contribution >= 4 is 49.9 Å². The third-order valence-electron chi connectivity index (χ3n) is 5.81. The highest BCUT2D eigenvalue weighted by molar-refractivity contribution is 7.99. The predicted octanol–water partition coefficient (Wildman–Crippen LogP) is 2.95. The van der Waals surface area contributed by atoms with Crippen molar-refractivity contribution in [2.75, 3.05) is 12.3 Å². The molecule has 14 heteroatoms. The number of non-ortho nitro benzene ring substituents is 1. The molecule has 0 aliphatic carbocycles. The van der Waals surface area contributed by atoms with Crippen LogP contribution in [-0.4, -0.2) is 51.1 Å². The number of amides is 1. The molecule has 2 aromatic heterocycles. The summed E-state index contributed by atoms with van der Waals surface area (Å²) in [5, 5.41) is 24.8. The van der Waals surface area contributed by atoms with Crippen molar-refractivity contribution in [2.24, 2.45) is 5.14 Å². The molecule has 198 valence electrons. The van der Waals surface area contributed by atoms with E-state index in [2.05, 4.69) is 20.4 Å². The van der Waals surface area contributed by atoms with Crippen molar-refractivity contribution in [1.82, 2.24) is 24.9 Å². The van der Waals surface area contributed by atoms with Crippen molar-refractivity contribution in [3.8, 4) is 11.4 Å². The number of nitro groups is 1. The molecule has 0 saturated carbocycles. The number of carbonyl (C=O) groups is 1. The van der Waals surface area contributed by atoms with Crippen LogP contribution in [0.2, 0.25) is 0 Å². The van der Waals surface area contributed by atoms with Crippen LogP contribution < -0.4 is 10.5 Å². The molecule has 12 nitrogen and oxygen atoms in total. The molecule has 5 rings (SSSR count). The first-order valence-corrected chi connectivity index (χ1v) is 14.1. The van der Waals surface area contributed by atoms with Gasteiger partial charge in [-0.25, -0.2) is 23.5 Å². The number of nitrogens with two attached hydrogens (primary N) is 1. The molecule has 0 spiro atoms. The second-order valence-corrected chi connectivity index (χ2v) is 11.0. The molecule has 0 saturated heterocycles. The molecular formula is C25H21N7O5S2. The number of rotatable bonds is 9. The summed E-state index contributed by atoms with van der Waals surface area (Å²) in [5.41, 5.74) is 2.68. The lowest BCUT2D eigenvalue weighted by Gasteiger charge is -2.07. The standard InChI is InChI=1S/C25H21N7O5S2/c26-39(36,37)19-11-5-16(6-12-19)13-14-27-22(33)15-38-25-28-21-4-2-1-3-20(21)24-29-23(30-31(24)25)17-7-9-18(10-8-17)32(34)35/h1-12H,13-15H2,(H,27,33)(H2,26,36,37). The van der Waals surface area contributed by atoms with E-state index >= 15 is 0 Å². The van der Waals surface area contributed by atoms with Crippen LogP contribution in [0, 0.1) is 10.1 Å². The van der Waals surface area contributed by atoms with Gasteiger partial charge in [-0.05, 0) is 48.4 Å². The van der Waals surface area contributed by atoms with Gasteiger partial charge in [0, 0.05) is 29.6 Å². The van der Waals surface area contributed by atoms with E-state index in [9.17, 15) is 23.3 Å². The summed E-state index contributed by atoms with van der Waals surface area (Å²) in [6, 6.07) is 19.6. The number of primary sulfonamides is 1. The molecule has 39 heavy (non-hydrogen) atoms. The first-order valence-electron chi connectivity index (χ1n) is 11.6. The van der Waals surface area contributed by atoms with Gasteiger partial charge in [-0.1, -0.05) is 36.0 Å². The Kier molecular flexibility index (Phi) is 7.24. The lowest BCUT2D eigenvalue weighted by atomic mass is 10.1. The minimum absolute atomic E-state index is 0.0302. The van der Waals surface area contributed by atoms with Gasteiger partial charge in [-0.2, -0.15) is 4.52 Å². The number of hydrogen-bond donors (Lipinski definition) is 2. The highest BCUT2D eigenvalue weighted by atomic mass is 32.2. The Morgan fingerprint density at radius 2 is 1.74 bits per heavy atom. The second kappa shape index (κ2) is 10.8. The van der Waals surface area contributed by atoms with E-state index in [4.69, 9.17) is 5.14 Å². The number of benzene rings is 3. The molecule has 0 aliphatic rings. The molecule has 0 radical (unpaired) electrons. The summed E-state index contributed by atoms with van der Waals surface area (Å²) < 4.78 is 24.3. The van der Waals surface area contributed by atoms with E-state index in [1.165, 1.54) is 36.0 Å². The van der Waals surface area contributed by atoms with Crippen molar-refractivity contribution in [2.45, 2.75) is 16.5 Å². The van der Waals surface area contributed by atoms with Crippen LogP contribution >= 0.6 is 11.8 Å². The largest absolute Gasteiger partial charge is 0.355 e. The SMILES string of the molecule is NS(=O)(=O)c1ccc(CCNC(=O)CSc2nc3ccccc3c3nc(-c4ccc([N+](=O)[O-])cc4)nn23)cc1. The Morgan fingerprint density at radius 1 is 1.03 bits per heavy atom.